The number of para-hydroxylation sites is 1. The number of imidazole rings is 1. The maximum absolute atomic E-state index is 4.62. The molecule has 71 valence electrons. The number of nitrogens with one attached hydrogen (secondary N) is 1. The van der Waals surface area contributed by atoms with Gasteiger partial charge in [-0.15, -0.1) is 0 Å². The van der Waals surface area contributed by atoms with E-state index in [0.29, 0.717) is 5.92 Å². The van der Waals surface area contributed by atoms with Gasteiger partial charge in [-0.25, -0.2) is 4.98 Å². The maximum Gasteiger partial charge on any atom is 0.110 e. The fraction of sp³-hybridized carbons (Fsp3) is 0.333. The molecule has 0 amide bonds. The number of hydrogen-bond donors (Lipinski definition) is 1. The molecule has 0 saturated heterocycles. The van der Waals surface area contributed by atoms with Gasteiger partial charge in [0.05, 0.1) is 11.0 Å². The van der Waals surface area contributed by atoms with Gasteiger partial charge in [-0.05, 0) is 31.4 Å². The highest BCUT2D eigenvalue weighted by molar-refractivity contribution is 5.79. The predicted octanol–water partition coefficient (Wildman–Crippen LogP) is 3.01. The summed E-state index contributed by atoms with van der Waals surface area (Å²) in [6.45, 7) is 3.98. The van der Waals surface area contributed by atoms with Crippen molar-refractivity contribution in [3.8, 4) is 0 Å². The molecule has 14 heavy (non-hydrogen) atoms. The predicted molar refractivity (Wildman–Crippen MR) is 57.1 cm³/mol. The van der Waals surface area contributed by atoms with E-state index < -0.39 is 0 Å². The van der Waals surface area contributed by atoms with E-state index in [1.807, 2.05) is 12.1 Å². The first-order valence-corrected chi connectivity index (χ1v) is 5.15. The topological polar surface area (TPSA) is 28.7 Å². The van der Waals surface area contributed by atoms with Crippen molar-refractivity contribution in [1.29, 1.82) is 0 Å². The lowest BCUT2D eigenvalue weighted by atomic mass is 9.85. The van der Waals surface area contributed by atoms with Gasteiger partial charge in [-0.3, -0.25) is 0 Å². The van der Waals surface area contributed by atoms with E-state index in [-0.39, 0.29) is 0 Å². The third-order valence-corrected chi connectivity index (χ3v) is 3.11. The number of aromatic nitrogens is 2. The molecule has 0 aliphatic heterocycles. The second-order valence-electron chi connectivity index (χ2n) is 4.06. The second-order valence-corrected chi connectivity index (χ2v) is 4.06. The molecule has 1 aromatic carbocycles. The Morgan fingerprint density at radius 3 is 2.86 bits per heavy atom. The van der Waals surface area contributed by atoms with Gasteiger partial charge in [0.2, 0.25) is 0 Å². The van der Waals surface area contributed by atoms with Crippen LogP contribution in [0.2, 0.25) is 0 Å². The summed E-state index contributed by atoms with van der Waals surface area (Å²) in [5.74, 6) is 1.82. The summed E-state index contributed by atoms with van der Waals surface area (Å²) in [7, 11) is 0. The number of fused-ring (bicyclic) bond motifs is 1. The second kappa shape index (κ2) is 2.84. The molecule has 2 aromatic rings. The largest absolute Gasteiger partial charge is 0.342 e. The van der Waals surface area contributed by atoms with Crippen LogP contribution in [-0.4, -0.2) is 9.97 Å². The number of H-pyrrole nitrogens is 1. The molecule has 0 atom stereocenters. The fourth-order valence-corrected chi connectivity index (χ4v) is 1.99. The first-order chi connectivity index (χ1) is 6.84. The minimum absolute atomic E-state index is 0.668. The first-order valence-electron chi connectivity index (χ1n) is 5.15. The molecule has 3 rings (SSSR count). The quantitative estimate of drug-likeness (QED) is 0.726. The van der Waals surface area contributed by atoms with E-state index in [1.54, 1.807) is 0 Å². The Morgan fingerprint density at radius 1 is 1.36 bits per heavy atom. The standard InChI is InChI=1S/C12H13N2/c1-8-4-2-7-10-11(8)14-12(13-10)9-5-3-6-9/h2,4,7,9H,1,3,5-6H2,(H,13,14). The average molecular weight is 185 g/mol. The molecule has 1 aliphatic rings. The Hall–Kier alpha value is -1.31. The zero-order chi connectivity index (χ0) is 9.54. The Labute approximate surface area is 83.4 Å². The van der Waals surface area contributed by atoms with E-state index in [2.05, 4.69) is 23.0 Å². The number of hydrogen-bond acceptors (Lipinski definition) is 1. The minimum atomic E-state index is 0.668. The molecule has 0 bridgehead atoms. The van der Waals surface area contributed by atoms with E-state index in [1.165, 1.54) is 19.3 Å². The molecular formula is C12H13N2. The smallest absolute Gasteiger partial charge is 0.110 e. The summed E-state index contributed by atoms with van der Waals surface area (Å²) in [6.07, 6.45) is 3.91. The molecule has 1 heterocycles. The summed E-state index contributed by atoms with van der Waals surface area (Å²) >= 11 is 0. The molecule has 0 spiro atoms. The van der Waals surface area contributed by atoms with Crippen LogP contribution in [-0.2, 0) is 0 Å². The van der Waals surface area contributed by atoms with Gasteiger partial charge in [0.15, 0.2) is 0 Å². The molecule has 0 unspecified atom stereocenters. The van der Waals surface area contributed by atoms with Gasteiger partial charge in [-0.1, -0.05) is 18.6 Å². The van der Waals surface area contributed by atoms with Gasteiger partial charge in [0.1, 0.15) is 5.82 Å². The number of aromatic amines is 1. The maximum atomic E-state index is 4.62. The van der Waals surface area contributed by atoms with Crippen molar-refractivity contribution >= 4 is 11.0 Å². The lowest BCUT2D eigenvalue weighted by Gasteiger charge is -2.22. The zero-order valence-electron chi connectivity index (χ0n) is 8.09. The molecule has 1 aromatic heterocycles. The molecule has 1 aliphatic carbocycles. The molecule has 1 saturated carbocycles. The highest BCUT2D eigenvalue weighted by atomic mass is 14.9. The first kappa shape index (κ1) is 8.04. The van der Waals surface area contributed by atoms with Gasteiger partial charge in [0.25, 0.3) is 0 Å². The van der Waals surface area contributed by atoms with Crippen molar-refractivity contribution in [2.45, 2.75) is 25.2 Å². The normalized spacial score (nSPS) is 17.2. The molecule has 2 nitrogen and oxygen atoms in total. The van der Waals surface area contributed by atoms with Crippen molar-refractivity contribution in [2.24, 2.45) is 0 Å². The van der Waals surface area contributed by atoms with Gasteiger partial charge in [-0.2, -0.15) is 0 Å². The summed E-state index contributed by atoms with van der Waals surface area (Å²) < 4.78 is 0. The third-order valence-electron chi connectivity index (χ3n) is 3.11. The van der Waals surface area contributed by atoms with Crippen LogP contribution >= 0.6 is 0 Å². The lowest BCUT2D eigenvalue weighted by molar-refractivity contribution is 0.405. The van der Waals surface area contributed by atoms with E-state index in [9.17, 15) is 0 Å². The average Bonchev–Trinajstić information content (AvgIpc) is 2.46. The van der Waals surface area contributed by atoms with Crippen LogP contribution in [0.1, 0.15) is 36.6 Å². The Kier molecular flexibility index (Phi) is 1.63. The molecular weight excluding hydrogens is 172 g/mol. The Bertz CT molecular complexity index is 466. The van der Waals surface area contributed by atoms with Crippen molar-refractivity contribution in [1.82, 2.24) is 9.97 Å². The Balaban J connectivity index is 2.15. The van der Waals surface area contributed by atoms with Crippen molar-refractivity contribution in [3.63, 3.8) is 0 Å². The van der Waals surface area contributed by atoms with E-state index in [4.69, 9.17) is 0 Å². The molecule has 2 heteroatoms. The van der Waals surface area contributed by atoms with Crippen LogP contribution in [0.4, 0.5) is 0 Å². The van der Waals surface area contributed by atoms with Crippen molar-refractivity contribution in [2.75, 3.05) is 0 Å². The van der Waals surface area contributed by atoms with Crippen LogP contribution in [0.5, 0.6) is 0 Å². The number of nitrogens with zero attached hydrogens (tertiary/aromatic N) is 1. The summed E-state index contributed by atoms with van der Waals surface area (Å²) in [5, 5.41) is 0. The van der Waals surface area contributed by atoms with Crippen LogP contribution in [0.3, 0.4) is 0 Å². The fourth-order valence-electron chi connectivity index (χ4n) is 1.99. The monoisotopic (exact) mass is 185 g/mol. The molecule has 1 fully saturated rings. The number of rotatable bonds is 1. The van der Waals surface area contributed by atoms with Crippen molar-refractivity contribution in [3.05, 3.63) is 36.5 Å². The van der Waals surface area contributed by atoms with Crippen LogP contribution in [0.25, 0.3) is 11.0 Å². The van der Waals surface area contributed by atoms with Gasteiger partial charge in [0, 0.05) is 5.92 Å². The zero-order valence-corrected chi connectivity index (χ0v) is 8.09. The minimum Gasteiger partial charge on any atom is -0.342 e. The van der Waals surface area contributed by atoms with E-state index in [0.717, 1.165) is 22.4 Å². The highest BCUT2D eigenvalue weighted by Gasteiger charge is 2.22. The van der Waals surface area contributed by atoms with Crippen LogP contribution in [0.15, 0.2) is 18.2 Å². The summed E-state index contributed by atoms with van der Waals surface area (Å²) in [6, 6.07) is 6.10. The lowest BCUT2D eigenvalue weighted by Crippen LogP contribution is -2.10. The summed E-state index contributed by atoms with van der Waals surface area (Å²) in [5.41, 5.74) is 3.18. The molecule has 1 N–H and O–H groups in total. The van der Waals surface area contributed by atoms with Crippen molar-refractivity contribution < 1.29 is 0 Å². The Morgan fingerprint density at radius 2 is 2.21 bits per heavy atom. The van der Waals surface area contributed by atoms with E-state index >= 15 is 0 Å². The highest BCUT2D eigenvalue weighted by Crippen LogP contribution is 2.35. The number of benzene rings is 1. The van der Waals surface area contributed by atoms with Gasteiger partial charge >= 0.3 is 0 Å². The third kappa shape index (κ3) is 1.07. The SMILES string of the molecule is [CH2]c1cccc2[nH]c(C3CCC3)nc12. The van der Waals surface area contributed by atoms with Crippen LogP contribution in [0, 0.1) is 6.92 Å². The van der Waals surface area contributed by atoms with Gasteiger partial charge < -0.3 is 4.98 Å². The molecule has 1 radical (unpaired) electrons. The summed E-state index contributed by atoms with van der Waals surface area (Å²) in [4.78, 5) is 8.00. The van der Waals surface area contributed by atoms with Crippen LogP contribution < -0.4 is 0 Å².